The third kappa shape index (κ3) is 3.44. The zero-order valence-electron chi connectivity index (χ0n) is 9.23. The van der Waals surface area contributed by atoms with Crippen LogP contribution in [-0.4, -0.2) is 20.0 Å². The van der Waals surface area contributed by atoms with Gasteiger partial charge in [0.2, 0.25) is 5.91 Å². The lowest BCUT2D eigenvalue weighted by Crippen LogP contribution is -2.18. The van der Waals surface area contributed by atoms with Crippen LogP contribution in [0.15, 0.2) is 24.3 Å². The van der Waals surface area contributed by atoms with Crippen LogP contribution in [0, 0.1) is 0 Å². The Morgan fingerprint density at radius 2 is 1.73 bits per heavy atom. The lowest BCUT2D eigenvalue weighted by atomic mass is 10.0. The van der Waals surface area contributed by atoms with E-state index in [1.54, 1.807) is 0 Å². The number of nitrogens with zero attached hydrogens (tertiary/aromatic N) is 1. The Hall–Kier alpha value is -1.22. The minimum absolute atomic E-state index is 0. The molecule has 4 heteroatoms. The van der Waals surface area contributed by atoms with E-state index in [1.807, 2.05) is 50.2 Å². The van der Waals surface area contributed by atoms with Gasteiger partial charge in [0.15, 0.2) is 0 Å². The van der Waals surface area contributed by atoms with Crippen molar-refractivity contribution >= 4 is 24.0 Å². The Balaban J connectivity index is 0.00000196. The first kappa shape index (κ1) is 13.8. The molecule has 1 rings (SSSR count). The zero-order valence-corrected chi connectivity index (χ0v) is 10.0. The largest absolute Gasteiger partial charge is 0.378 e. The predicted molar refractivity (Wildman–Crippen MR) is 65.6 cm³/mol. The maximum Gasteiger partial charge on any atom is 0.224 e. The third-order valence-electron chi connectivity index (χ3n) is 2.34. The van der Waals surface area contributed by atoms with Crippen LogP contribution in [0.25, 0.3) is 0 Å². The van der Waals surface area contributed by atoms with Gasteiger partial charge < -0.3 is 10.6 Å². The molecule has 1 unspecified atom stereocenters. The highest BCUT2D eigenvalue weighted by atomic mass is 35.5. The van der Waals surface area contributed by atoms with Gasteiger partial charge in [0, 0.05) is 19.8 Å². The van der Waals surface area contributed by atoms with E-state index in [2.05, 4.69) is 0 Å². The highest BCUT2D eigenvalue weighted by Gasteiger charge is 2.10. The van der Waals surface area contributed by atoms with Crippen molar-refractivity contribution < 1.29 is 4.79 Å². The molecule has 0 aliphatic carbocycles. The summed E-state index contributed by atoms with van der Waals surface area (Å²) in [5.74, 6) is -0.506. The molecule has 84 valence electrons. The summed E-state index contributed by atoms with van der Waals surface area (Å²) in [6.45, 7) is 1.81. The lowest BCUT2D eigenvalue weighted by Gasteiger charge is -2.14. The number of primary amides is 1. The van der Waals surface area contributed by atoms with Crippen molar-refractivity contribution in [3.05, 3.63) is 29.8 Å². The van der Waals surface area contributed by atoms with Gasteiger partial charge in [0.05, 0.1) is 5.92 Å². The van der Waals surface area contributed by atoms with Crippen LogP contribution in [0.4, 0.5) is 5.69 Å². The SMILES string of the molecule is CC(C(N)=O)c1ccc(N(C)C)cc1.Cl. The summed E-state index contributed by atoms with van der Waals surface area (Å²) in [5.41, 5.74) is 7.29. The van der Waals surface area contributed by atoms with Crippen molar-refractivity contribution in [1.82, 2.24) is 0 Å². The molecule has 0 spiro atoms. The molecule has 1 amide bonds. The maximum atomic E-state index is 10.9. The summed E-state index contributed by atoms with van der Waals surface area (Å²) in [4.78, 5) is 12.9. The van der Waals surface area contributed by atoms with Crippen molar-refractivity contribution in [3.8, 4) is 0 Å². The van der Waals surface area contributed by atoms with Crippen molar-refractivity contribution in [3.63, 3.8) is 0 Å². The van der Waals surface area contributed by atoms with Crippen LogP contribution in [0.1, 0.15) is 18.4 Å². The molecule has 0 fully saturated rings. The van der Waals surface area contributed by atoms with Gasteiger partial charge in [-0.15, -0.1) is 12.4 Å². The monoisotopic (exact) mass is 228 g/mol. The Labute approximate surface area is 96.7 Å². The van der Waals surface area contributed by atoms with Crippen LogP contribution in [0.3, 0.4) is 0 Å². The molecule has 0 saturated carbocycles. The molecule has 0 aliphatic heterocycles. The summed E-state index contributed by atoms with van der Waals surface area (Å²) in [6, 6.07) is 7.83. The van der Waals surface area contributed by atoms with Crippen LogP contribution in [0.2, 0.25) is 0 Å². The molecular weight excluding hydrogens is 212 g/mol. The van der Waals surface area contributed by atoms with E-state index in [4.69, 9.17) is 5.73 Å². The highest BCUT2D eigenvalue weighted by molar-refractivity contribution is 5.85. The predicted octanol–water partition coefficient (Wildman–Crippen LogP) is 1.76. The number of hydrogen-bond donors (Lipinski definition) is 1. The quantitative estimate of drug-likeness (QED) is 0.857. The van der Waals surface area contributed by atoms with E-state index in [-0.39, 0.29) is 24.2 Å². The molecule has 0 aromatic heterocycles. The summed E-state index contributed by atoms with van der Waals surface area (Å²) in [6.07, 6.45) is 0. The summed E-state index contributed by atoms with van der Waals surface area (Å²) >= 11 is 0. The molecule has 0 radical (unpaired) electrons. The van der Waals surface area contributed by atoms with Gasteiger partial charge >= 0.3 is 0 Å². The summed E-state index contributed by atoms with van der Waals surface area (Å²) in [7, 11) is 3.96. The number of hydrogen-bond acceptors (Lipinski definition) is 2. The molecule has 1 aromatic carbocycles. The van der Waals surface area contributed by atoms with Crippen molar-refractivity contribution in [2.24, 2.45) is 5.73 Å². The number of benzene rings is 1. The fourth-order valence-electron chi connectivity index (χ4n) is 1.23. The maximum absolute atomic E-state index is 10.9. The molecule has 15 heavy (non-hydrogen) atoms. The summed E-state index contributed by atoms with van der Waals surface area (Å²) in [5, 5.41) is 0. The lowest BCUT2D eigenvalue weighted by molar-refractivity contribution is -0.119. The average molecular weight is 229 g/mol. The molecule has 1 atom stereocenters. The van der Waals surface area contributed by atoms with Gasteiger partial charge in [0.1, 0.15) is 0 Å². The van der Waals surface area contributed by atoms with E-state index in [0.29, 0.717) is 0 Å². The minimum Gasteiger partial charge on any atom is -0.378 e. The minimum atomic E-state index is -0.289. The second-order valence-electron chi connectivity index (χ2n) is 3.61. The Morgan fingerprint density at radius 1 is 1.27 bits per heavy atom. The van der Waals surface area contributed by atoms with Crippen LogP contribution < -0.4 is 10.6 Å². The molecule has 0 heterocycles. The van der Waals surface area contributed by atoms with E-state index >= 15 is 0 Å². The number of anilines is 1. The Kier molecular flexibility index (Phi) is 5.15. The number of nitrogens with two attached hydrogens (primary N) is 1. The van der Waals surface area contributed by atoms with Gasteiger partial charge in [-0.2, -0.15) is 0 Å². The third-order valence-corrected chi connectivity index (χ3v) is 2.34. The van der Waals surface area contributed by atoms with Crippen LogP contribution in [0.5, 0.6) is 0 Å². The first-order valence-electron chi connectivity index (χ1n) is 4.59. The Bertz CT molecular complexity index is 322. The average Bonchev–Trinajstić information content (AvgIpc) is 2.16. The van der Waals surface area contributed by atoms with E-state index in [0.717, 1.165) is 11.3 Å². The van der Waals surface area contributed by atoms with Crippen LogP contribution >= 0.6 is 12.4 Å². The zero-order chi connectivity index (χ0) is 10.7. The van der Waals surface area contributed by atoms with Crippen molar-refractivity contribution in [1.29, 1.82) is 0 Å². The van der Waals surface area contributed by atoms with E-state index in [9.17, 15) is 4.79 Å². The Morgan fingerprint density at radius 3 is 2.07 bits per heavy atom. The second kappa shape index (κ2) is 5.61. The molecule has 3 nitrogen and oxygen atoms in total. The molecule has 1 aromatic rings. The summed E-state index contributed by atoms with van der Waals surface area (Å²) < 4.78 is 0. The van der Waals surface area contributed by atoms with Gasteiger partial charge in [-0.1, -0.05) is 12.1 Å². The normalized spacial score (nSPS) is 11.4. The van der Waals surface area contributed by atoms with Gasteiger partial charge in [-0.25, -0.2) is 0 Å². The first-order valence-corrected chi connectivity index (χ1v) is 4.59. The number of carbonyl (C=O) groups excluding carboxylic acids is 1. The molecule has 0 bridgehead atoms. The highest BCUT2D eigenvalue weighted by Crippen LogP contribution is 2.18. The molecule has 2 N–H and O–H groups in total. The van der Waals surface area contributed by atoms with Gasteiger partial charge in [-0.05, 0) is 24.6 Å². The topological polar surface area (TPSA) is 46.3 Å². The van der Waals surface area contributed by atoms with Crippen molar-refractivity contribution in [2.75, 3.05) is 19.0 Å². The van der Waals surface area contributed by atoms with Crippen LogP contribution in [-0.2, 0) is 4.79 Å². The standard InChI is InChI=1S/C11H16N2O.ClH/c1-8(11(12)14)9-4-6-10(7-5-9)13(2)3;/h4-8H,1-3H3,(H2,12,14);1H. The van der Waals surface area contributed by atoms with Gasteiger partial charge in [-0.3, -0.25) is 4.79 Å². The van der Waals surface area contributed by atoms with E-state index in [1.165, 1.54) is 0 Å². The molecule has 0 saturated heterocycles. The number of halogens is 1. The van der Waals surface area contributed by atoms with Crippen molar-refractivity contribution in [2.45, 2.75) is 12.8 Å². The molecule has 0 aliphatic rings. The number of carbonyl (C=O) groups is 1. The molecular formula is C11H17ClN2O. The van der Waals surface area contributed by atoms with E-state index < -0.39 is 0 Å². The number of amides is 1. The fourth-order valence-corrected chi connectivity index (χ4v) is 1.23. The number of rotatable bonds is 3. The smallest absolute Gasteiger partial charge is 0.224 e. The fraction of sp³-hybridized carbons (Fsp3) is 0.364. The van der Waals surface area contributed by atoms with Gasteiger partial charge in [0.25, 0.3) is 0 Å². The second-order valence-corrected chi connectivity index (χ2v) is 3.61. The first-order chi connectivity index (χ1) is 6.52.